The summed E-state index contributed by atoms with van der Waals surface area (Å²) in [5, 5.41) is 3.98. The molecular formula is C21H21N3O. The summed E-state index contributed by atoms with van der Waals surface area (Å²) in [7, 11) is 0. The fourth-order valence-electron chi connectivity index (χ4n) is 2.72. The molecule has 0 bridgehead atoms. The standard InChI is InChI=1S/C21H21N3O/c1-15-11-16(2)21(17(3)12-15)22-13-18-9-10-19(24-18)14-23-25-20-7-5-4-6-8-20/h4-14,24H,1-3H3/b22-13?,23-14+. The molecule has 3 aromatic rings. The number of aromatic amines is 1. The van der Waals surface area contributed by atoms with Crippen LogP contribution in [0.2, 0.25) is 0 Å². The molecule has 0 spiro atoms. The first-order chi connectivity index (χ1) is 12.1. The number of para-hydroxylation sites is 1. The Morgan fingerprint density at radius 3 is 2.16 bits per heavy atom. The van der Waals surface area contributed by atoms with Crippen LogP contribution in [0, 0.1) is 20.8 Å². The van der Waals surface area contributed by atoms with Gasteiger partial charge in [0.15, 0.2) is 5.75 Å². The summed E-state index contributed by atoms with van der Waals surface area (Å²) in [4.78, 5) is 13.2. The summed E-state index contributed by atoms with van der Waals surface area (Å²) < 4.78 is 0. The van der Waals surface area contributed by atoms with Crippen molar-refractivity contribution in [1.29, 1.82) is 0 Å². The minimum Gasteiger partial charge on any atom is -0.357 e. The van der Waals surface area contributed by atoms with E-state index < -0.39 is 0 Å². The fraction of sp³-hybridized carbons (Fsp3) is 0.143. The highest BCUT2D eigenvalue weighted by atomic mass is 16.6. The van der Waals surface area contributed by atoms with Gasteiger partial charge in [-0.05, 0) is 56.2 Å². The minimum absolute atomic E-state index is 0.706. The van der Waals surface area contributed by atoms with E-state index in [9.17, 15) is 0 Å². The van der Waals surface area contributed by atoms with Gasteiger partial charge in [0.1, 0.15) is 0 Å². The summed E-state index contributed by atoms with van der Waals surface area (Å²) in [5.41, 5.74) is 6.40. The fourth-order valence-corrected chi connectivity index (χ4v) is 2.72. The van der Waals surface area contributed by atoms with E-state index in [0.717, 1.165) is 17.1 Å². The third-order valence-corrected chi connectivity index (χ3v) is 3.79. The van der Waals surface area contributed by atoms with Crippen LogP contribution in [0.1, 0.15) is 28.1 Å². The number of aromatic nitrogens is 1. The Bertz CT molecular complexity index is 885. The molecule has 2 aromatic carbocycles. The topological polar surface area (TPSA) is 49.7 Å². The molecule has 1 heterocycles. The van der Waals surface area contributed by atoms with Crippen LogP contribution in [0.5, 0.6) is 5.75 Å². The molecule has 0 fully saturated rings. The van der Waals surface area contributed by atoms with Gasteiger partial charge < -0.3 is 9.82 Å². The third kappa shape index (κ3) is 4.44. The lowest BCUT2D eigenvalue weighted by Crippen LogP contribution is -1.89. The highest BCUT2D eigenvalue weighted by Crippen LogP contribution is 2.24. The van der Waals surface area contributed by atoms with Gasteiger partial charge in [0.05, 0.1) is 29.5 Å². The van der Waals surface area contributed by atoms with Crippen LogP contribution in [-0.2, 0) is 0 Å². The first kappa shape index (κ1) is 16.7. The third-order valence-electron chi connectivity index (χ3n) is 3.79. The number of aliphatic imine (C=N–C) groups is 1. The molecule has 0 radical (unpaired) electrons. The zero-order chi connectivity index (χ0) is 17.6. The van der Waals surface area contributed by atoms with Crippen LogP contribution in [0.15, 0.2) is 64.7 Å². The van der Waals surface area contributed by atoms with Crippen molar-refractivity contribution in [2.24, 2.45) is 10.1 Å². The van der Waals surface area contributed by atoms with Gasteiger partial charge in [-0.25, -0.2) is 0 Å². The van der Waals surface area contributed by atoms with Crippen molar-refractivity contribution in [1.82, 2.24) is 4.98 Å². The molecule has 4 nitrogen and oxygen atoms in total. The van der Waals surface area contributed by atoms with E-state index in [1.54, 1.807) is 6.21 Å². The zero-order valence-electron chi connectivity index (χ0n) is 14.7. The molecule has 0 saturated carbocycles. The number of H-pyrrole nitrogens is 1. The van der Waals surface area contributed by atoms with Gasteiger partial charge in [-0.3, -0.25) is 4.99 Å². The zero-order valence-corrected chi connectivity index (χ0v) is 14.7. The van der Waals surface area contributed by atoms with Crippen molar-refractivity contribution in [3.8, 4) is 5.75 Å². The largest absolute Gasteiger partial charge is 0.357 e. The maximum absolute atomic E-state index is 5.31. The van der Waals surface area contributed by atoms with E-state index in [0.29, 0.717) is 5.75 Å². The number of nitrogens with zero attached hydrogens (tertiary/aromatic N) is 2. The van der Waals surface area contributed by atoms with E-state index >= 15 is 0 Å². The smallest absolute Gasteiger partial charge is 0.157 e. The van der Waals surface area contributed by atoms with Gasteiger partial charge in [0, 0.05) is 0 Å². The summed E-state index contributed by atoms with van der Waals surface area (Å²) in [6.45, 7) is 6.27. The van der Waals surface area contributed by atoms with Crippen molar-refractivity contribution in [3.05, 3.63) is 82.7 Å². The summed E-state index contributed by atoms with van der Waals surface area (Å²) in [6, 6.07) is 17.7. The van der Waals surface area contributed by atoms with E-state index in [1.807, 2.05) is 48.7 Å². The molecule has 0 saturated heterocycles. The Hall–Kier alpha value is -3.14. The number of aryl methyl sites for hydroxylation is 3. The Morgan fingerprint density at radius 1 is 0.840 bits per heavy atom. The summed E-state index contributed by atoms with van der Waals surface area (Å²) in [5.74, 6) is 0.706. The van der Waals surface area contributed by atoms with Crippen LogP contribution in [0.4, 0.5) is 5.69 Å². The Morgan fingerprint density at radius 2 is 1.48 bits per heavy atom. The predicted molar refractivity (Wildman–Crippen MR) is 103 cm³/mol. The van der Waals surface area contributed by atoms with Gasteiger partial charge >= 0.3 is 0 Å². The molecule has 3 rings (SSSR count). The SMILES string of the molecule is Cc1cc(C)c(N=Cc2ccc(/C=N/Oc3ccccc3)[nH]2)c(C)c1. The second-order valence-electron chi connectivity index (χ2n) is 6.01. The van der Waals surface area contributed by atoms with Crippen LogP contribution < -0.4 is 4.84 Å². The van der Waals surface area contributed by atoms with Gasteiger partial charge in [0.25, 0.3) is 0 Å². The average Bonchev–Trinajstić information content (AvgIpc) is 3.03. The lowest BCUT2D eigenvalue weighted by molar-refractivity contribution is 0.344. The monoisotopic (exact) mass is 331 g/mol. The highest BCUT2D eigenvalue weighted by molar-refractivity contribution is 5.84. The van der Waals surface area contributed by atoms with Crippen molar-refractivity contribution in [2.45, 2.75) is 20.8 Å². The Labute approximate surface area is 147 Å². The highest BCUT2D eigenvalue weighted by Gasteiger charge is 2.02. The van der Waals surface area contributed by atoms with Gasteiger partial charge in [-0.15, -0.1) is 0 Å². The van der Waals surface area contributed by atoms with Crippen molar-refractivity contribution in [3.63, 3.8) is 0 Å². The van der Waals surface area contributed by atoms with Crippen LogP contribution >= 0.6 is 0 Å². The molecule has 1 N–H and O–H groups in total. The minimum atomic E-state index is 0.706. The molecule has 126 valence electrons. The number of hydrogen-bond donors (Lipinski definition) is 1. The van der Waals surface area contributed by atoms with E-state index in [-0.39, 0.29) is 0 Å². The number of oxime groups is 1. The maximum atomic E-state index is 5.31. The molecule has 0 aliphatic carbocycles. The molecule has 0 aliphatic heterocycles. The van der Waals surface area contributed by atoms with Gasteiger partial charge in [-0.1, -0.05) is 41.1 Å². The molecule has 4 heteroatoms. The number of benzene rings is 2. The first-order valence-corrected chi connectivity index (χ1v) is 8.18. The van der Waals surface area contributed by atoms with Crippen LogP contribution in [0.25, 0.3) is 0 Å². The lowest BCUT2D eigenvalue weighted by atomic mass is 10.1. The van der Waals surface area contributed by atoms with Crippen molar-refractivity contribution in [2.75, 3.05) is 0 Å². The molecule has 0 amide bonds. The quantitative estimate of drug-likeness (QED) is 0.513. The normalized spacial score (nSPS) is 11.5. The molecule has 0 atom stereocenters. The number of rotatable bonds is 5. The average molecular weight is 331 g/mol. The summed E-state index contributed by atoms with van der Waals surface area (Å²) in [6.07, 6.45) is 3.48. The van der Waals surface area contributed by atoms with Crippen molar-refractivity contribution >= 4 is 18.1 Å². The maximum Gasteiger partial charge on any atom is 0.157 e. The number of hydrogen-bond acceptors (Lipinski definition) is 3. The second kappa shape index (κ2) is 7.62. The van der Waals surface area contributed by atoms with Crippen molar-refractivity contribution < 1.29 is 4.84 Å². The van der Waals surface area contributed by atoms with Gasteiger partial charge in [0.2, 0.25) is 0 Å². The summed E-state index contributed by atoms with van der Waals surface area (Å²) >= 11 is 0. The Balaban J connectivity index is 1.68. The van der Waals surface area contributed by atoms with Crippen LogP contribution in [0.3, 0.4) is 0 Å². The number of nitrogens with one attached hydrogen (secondary N) is 1. The predicted octanol–water partition coefficient (Wildman–Crippen LogP) is 5.10. The molecule has 25 heavy (non-hydrogen) atoms. The first-order valence-electron chi connectivity index (χ1n) is 8.18. The Kier molecular flexibility index (Phi) is 5.09. The lowest BCUT2D eigenvalue weighted by Gasteiger charge is -2.05. The van der Waals surface area contributed by atoms with E-state index in [1.165, 1.54) is 16.7 Å². The molecule has 1 aromatic heterocycles. The molecule has 0 unspecified atom stereocenters. The molecular weight excluding hydrogens is 310 g/mol. The van der Waals surface area contributed by atoms with Crippen LogP contribution in [-0.4, -0.2) is 17.4 Å². The second-order valence-corrected chi connectivity index (χ2v) is 6.01. The van der Waals surface area contributed by atoms with Gasteiger partial charge in [-0.2, -0.15) is 0 Å². The van der Waals surface area contributed by atoms with E-state index in [2.05, 4.69) is 48.0 Å². The van der Waals surface area contributed by atoms with E-state index in [4.69, 9.17) is 4.84 Å². The molecule has 0 aliphatic rings.